The lowest BCUT2D eigenvalue weighted by atomic mass is 9.80. The zero-order valence-corrected chi connectivity index (χ0v) is 25.3. The number of hydrogen-bond donors (Lipinski definition) is 2. The molecule has 1 aliphatic rings. The molecule has 2 N–H and O–H groups in total. The van der Waals surface area contributed by atoms with Crippen molar-refractivity contribution in [2.75, 3.05) is 6.61 Å². The van der Waals surface area contributed by atoms with Gasteiger partial charge < -0.3 is 14.6 Å². The number of H-pyrrole nitrogens is 1. The molecule has 0 unspecified atom stereocenters. The molecule has 7 nitrogen and oxygen atoms in total. The molecule has 0 aliphatic carbocycles. The molecule has 1 fully saturated rings. The SMILES string of the molecule is Cc1cn([C@H]2C[C@](O)(C#C[Si](C)(C)C)[C@@H](COC(c3ccccc3)(c3ccccc3)c3ccccc3)O2)c(=O)[nH]c1=O. The molecule has 4 aromatic rings. The van der Waals surface area contributed by atoms with E-state index in [4.69, 9.17) is 9.47 Å². The number of nitrogens with zero attached hydrogens (tertiary/aromatic N) is 1. The van der Waals surface area contributed by atoms with Gasteiger partial charge in [0, 0.05) is 18.2 Å². The van der Waals surface area contributed by atoms with Crippen LogP contribution in [0.25, 0.3) is 0 Å². The number of nitrogens with one attached hydrogen (secondary N) is 1. The summed E-state index contributed by atoms with van der Waals surface area (Å²) in [4.78, 5) is 27.1. The molecule has 3 aromatic carbocycles. The van der Waals surface area contributed by atoms with Gasteiger partial charge in [0.25, 0.3) is 5.56 Å². The number of aromatic amines is 1. The highest BCUT2D eigenvalue weighted by atomic mass is 28.3. The fraction of sp³-hybridized carbons (Fsp3) is 0.294. The first-order valence-corrected chi connectivity index (χ1v) is 17.6. The van der Waals surface area contributed by atoms with Crippen molar-refractivity contribution >= 4 is 8.07 Å². The molecule has 1 aliphatic heterocycles. The van der Waals surface area contributed by atoms with Gasteiger partial charge in [0.2, 0.25) is 0 Å². The van der Waals surface area contributed by atoms with Crippen LogP contribution in [0.4, 0.5) is 0 Å². The maximum absolute atomic E-state index is 12.8. The summed E-state index contributed by atoms with van der Waals surface area (Å²) in [5.74, 6) is 3.12. The second-order valence-electron chi connectivity index (χ2n) is 11.8. The van der Waals surface area contributed by atoms with E-state index in [2.05, 4.69) is 36.1 Å². The average Bonchev–Trinajstić information content (AvgIpc) is 3.32. The van der Waals surface area contributed by atoms with Crippen LogP contribution in [0.1, 0.15) is 34.9 Å². The van der Waals surface area contributed by atoms with Gasteiger partial charge in [-0.3, -0.25) is 14.3 Å². The van der Waals surface area contributed by atoms with Crippen LogP contribution in [-0.4, -0.2) is 41.0 Å². The third-order valence-corrected chi connectivity index (χ3v) is 8.32. The molecule has 1 aromatic heterocycles. The summed E-state index contributed by atoms with van der Waals surface area (Å²) in [5, 5.41) is 12.0. The number of aromatic nitrogens is 2. The molecule has 0 radical (unpaired) electrons. The largest absolute Gasteiger partial charge is 0.375 e. The molecule has 216 valence electrons. The zero-order valence-electron chi connectivity index (χ0n) is 24.3. The lowest BCUT2D eigenvalue weighted by Gasteiger charge is -2.37. The number of rotatable bonds is 7. The number of benzene rings is 3. The number of aryl methyl sites for hydroxylation is 1. The summed E-state index contributed by atoms with van der Waals surface area (Å²) in [6.07, 6.45) is -0.231. The number of ether oxygens (including phenoxy) is 2. The van der Waals surface area contributed by atoms with Crippen molar-refractivity contribution in [3.8, 4) is 11.5 Å². The van der Waals surface area contributed by atoms with Crippen LogP contribution in [-0.2, 0) is 15.1 Å². The molecule has 0 saturated carbocycles. The third kappa shape index (κ3) is 5.96. The highest BCUT2D eigenvalue weighted by molar-refractivity contribution is 6.83. The van der Waals surface area contributed by atoms with Gasteiger partial charge in [0.05, 0.1) is 6.61 Å². The van der Waals surface area contributed by atoms with Crippen molar-refractivity contribution < 1.29 is 14.6 Å². The van der Waals surface area contributed by atoms with Crippen molar-refractivity contribution in [2.24, 2.45) is 0 Å². The summed E-state index contributed by atoms with van der Waals surface area (Å²) in [6, 6.07) is 29.9. The Balaban J connectivity index is 1.60. The lowest BCUT2D eigenvalue weighted by molar-refractivity contribution is -0.107. The summed E-state index contributed by atoms with van der Waals surface area (Å²) in [7, 11) is -1.88. The molecule has 2 heterocycles. The Hall–Kier alpha value is -4.00. The smallest absolute Gasteiger partial charge is 0.330 e. The summed E-state index contributed by atoms with van der Waals surface area (Å²) >= 11 is 0. The molecule has 3 atom stereocenters. The Morgan fingerprint density at radius 1 is 0.952 bits per heavy atom. The van der Waals surface area contributed by atoms with Gasteiger partial charge in [-0.05, 0) is 23.6 Å². The van der Waals surface area contributed by atoms with Crippen molar-refractivity contribution in [2.45, 2.75) is 56.5 Å². The van der Waals surface area contributed by atoms with Crippen LogP contribution < -0.4 is 11.2 Å². The Morgan fingerprint density at radius 3 is 1.93 bits per heavy atom. The molecular formula is C34H36N2O5Si. The van der Waals surface area contributed by atoms with Gasteiger partial charge in [-0.1, -0.05) is 117 Å². The monoisotopic (exact) mass is 580 g/mol. The van der Waals surface area contributed by atoms with E-state index in [0.717, 1.165) is 16.7 Å². The fourth-order valence-electron chi connectivity index (χ4n) is 5.29. The van der Waals surface area contributed by atoms with Crippen LogP contribution in [0, 0.1) is 18.4 Å². The zero-order chi connectivity index (χ0) is 30.0. The van der Waals surface area contributed by atoms with Crippen LogP contribution in [0.2, 0.25) is 19.6 Å². The minimum atomic E-state index is -1.88. The first-order chi connectivity index (χ1) is 20.0. The van der Waals surface area contributed by atoms with E-state index in [1.54, 1.807) is 6.92 Å². The average molecular weight is 581 g/mol. The molecule has 42 heavy (non-hydrogen) atoms. The van der Waals surface area contributed by atoms with Crippen LogP contribution in [0.15, 0.2) is 107 Å². The standard InChI is InChI=1S/C34H36N2O5Si/c1-25-23-36(32(38)35-31(25)37)30-22-33(39,20-21-42(2,3)4)29(41-30)24-40-34(26-14-8-5-9-15-26,27-16-10-6-11-17-27)28-18-12-7-13-19-28/h5-19,23,29-30,39H,22,24H2,1-4H3,(H,35,37,38)/t29-,30-,33-/m1/s1. The summed E-state index contributed by atoms with van der Waals surface area (Å²) in [5.41, 5.74) is 2.73. The quantitative estimate of drug-likeness (QED) is 0.187. The van der Waals surface area contributed by atoms with E-state index >= 15 is 0 Å². The summed E-state index contributed by atoms with van der Waals surface area (Å²) < 4.78 is 14.7. The van der Waals surface area contributed by atoms with Crippen molar-refractivity contribution in [3.05, 3.63) is 140 Å². The highest BCUT2D eigenvalue weighted by Gasteiger charge is 2.49. The molecule has 5 rings (SSSR count). The van der Waals surface area contributed by atoms with Crippen LogP contribution in [0.5, 0.6) is 0 Å². The van der Waals surface area contributed by atoms with E-state index in [1.165, 1.54) is 10.8 Å². The van der Waals surface area contributed by atoms with Gasteiger partial charge >= 0.3 is 5.69 Å². The van der Waals surface area contributed by atoms with E-state index in [9.17, 15) is 14.7 Å². The Morgan fingerprint density at radius 2 is 1.45 bits per heavy atom. The maximum atomic E-state index is 12.8. The van der Waals surface area contributed by atoms with Crippen molar-refractivity contribution in [3.63, 3.8) is 0 Å². The number of aliphatic hydroxyl groups is 1. The van der Waals surface area contributed by atoms with Crippen LogP contribution >= 0.6 is 0 Å². The maximum Gasteiger partial charge on any atom is 0.330 e. The molecule has 8 heteroatoms. The summed E-state index contributed by atoms with van der Waals surface area (Å²) in [6.45, 7) is 7.90. The van der Waals surface area contributed by atoms with Crippen molar-refractivity contribution in [1.29, 1.82) is 0 Å². The minimum absolute atomic E-state index is 0.0247. The first-order valence-electron chi connectivity index (χ1n) is 14.1. The van der Waals surface area contributed by atoms with Gasteiger partial charge in [-0.25, -0.2) is 4.79 Å². The Kier molecular flexibility index (Phi) is 8.22. The number of hydrogen-bond acceptors (Lipinski definition) is 5. The van der Waals surface area contributed by atoms with Gasteiger partial charge in [0.1, 0.15) is 26.0 Å². The van der Waals surface area contributed by atoms with Crippen molar-refractivity contribution in [1.82, 2.24) is 9.55 Å². The minimum Gasteiger partial charge on any atom is -0.375 e. The highest BCUT2D eigenvalue weighted by Crippen LogP contribution is 2.43. The second-order valence-corrected chi connectivity index (χ2v) is 16.5. The van der Waals surface area contributed by atoms with E-state index in [-0.39, 0.29) is 13.0 Å². The van der Waals surface area contributed by atoms with Gasteiger partial charge in [-0.15, -0.1) is 5.54 Å². The molecular weight excluding hydrogens is 544 g/mol. The second kappa shape index (κ2) is 11.7. The van der Waals surface area contributed by atoms with Crippen LogP contribution in [0.3, 0.4) is 0 Å². The topological polar surface area (TPSA) is 93.6 Å². The lowest BCUT2D eigenvalue weighted by Crippen LogP contribution is -2.44. The molecule has 0 amide bonds. The first kappa shape index (κ1) is 29.5. The van der Waals surface area contributed by atoms with Gasteiger partial charge in [0.15, 0.2) is 5.60 Å². The van der Waals surface area contributed by atoms with E-state index < -0.39 is 42.9 Å². The van der Waals surface area contributed by atoms with E-state index in [1.807, 2.05) is 91.0 Å². The van der Waals surface area contributed by atoms with E-state index in [0.29, 0.717) is 5.56 Å². The normalized spacial score (nSPS) is 20.6. The Labute approximate surface area is 246 Å². The predicted molar refractivity (Wildman–Crippen MR) is 166 cm³/mol. The van der Waals surface area contributed by atoms with Gasteiger partial charge in [-0.2, -0.15) is 0 Å². The fourth-order valence-corrected chi connectivity index (χ4v) is 5.88. The third-order valence-electron chi connectivity index (χ3n) is 7.44. The predicted octanol–water partition coefficient (Wildman–Crippen LogP) is 4.75. The molecule has 0 bridgehead atoms. The molecule has 0 spiro atoms. The molecule has 1 saturated heterocycles. The Bertz CT molecular complexity index is 1610.